The van der Waals surface area contributed by atoms with E-state index in [2.05, 4.69) is 65.2 Å². The van der Waals surface area contributed by atoms with Crippen LogP contribution in [0, 0.1) is 0 Å². The summed E-state index contributed by atoms with van der Waals surface area (Å²) in [5, 5.41) is 2.93. The summed E-state index contributed by atoms with van der Waals surface area (Å²) in [7, 11) is 0. The van der Waals surface area contributed by atoms with E-state index in [0.717, 1.165) is 0 Å². The second-order valence-electron chi connectivity index (χ2n) is 8.72. The monoisotopic (exact) mass is 387 g/mol. The first-order valence-electron chi connectivity index (χ1n) is 10.7. The molecule has 0 bridgehead atoms. The van der Waals surface area contributed by atoms with Crippen LogP contribution in [0.1, 0.15) is 24.1 Å². The zero-order valence-electron chi connectivity index (χ0n) is 16.0. The number of thiophene rings is 1. The van der Waals surface area contributed by atoms with Crippen LogP contribution in [0.3, 0.4) is 0 Å². The molecule has 0 fully saturated rings. The molecular weight excluding hydrogens is 369 g/mol. The van der Waals surface area contributed by atoms with Crippen LogP contribution in [0.2, 0.25) is 0 Å². The lowest BCUT2D eigenvalue weighted by Gasteiger charge is -2.26. The van der Waals surface area contributed by atoms with Crippen LogP contribution < -0.4 is 15.7 Å². The second-order valence-corrected chi connectivity index (χ2v) is 9.80. The summed E-state index contributed by atoms with van der Waals surface area (Å²) in [5.41, 5.74) is 12.1. The molecule has 3 aromatic carbocycles. The van der Waals surface area contributed by atoms with E-state index in [9.17, 15) is 0 Å². The number of para-hydroxylation sites is 1. The third kappa shape index (κ3) is 1.63. The van der Waals surface area contributed by atoms with Gasteiger partial charge in [0.05, 0.1) is 0 Å². The Balaban J connectivity index is 1.59. The molecule has 0 saturated carbocycles. The third-order valence-electron chi connectivity index (χ3n) is 7.40. The molecule has 3 heteroatoms. The zero-order chi connectivity index (χ0) is 18.7. The number of aromatic nitrogens is 1. The Bertz CT molecular complexity index is 1520. The van der Waals surface area contributed by atoms with Crippen molar-refractivity contribution in [3.05, 3.63) is 71.9 Å². The first-order valence-corrected chi connectivity index (χ1v) is 11.5. The number of benzene rings is 3. The van der Waals surface area contributed by atoms with Crippen LogP contribution in [0.25, 0.3) is 37.8 Å². The highest BCUT2D eigenvalue weighted by Gasteiger charge is 2.43. The van der Waals surface area contributed by atoms with Crippen LogP contribution >= 0.6 is 11.3 Å². The van der Waals surface area contributed by atoms with Crippen molar-refractivity contribution in [2.75, 3.05) is 0 Å². The van der Waals surface area contributed by atoms with Crippen LogP contribution in [-0.2, 0) is 12.8 Å². The summed E-state index contributed by atoms with van der Waals surface area (Å²) < 4.78 is 5.61. The highest BCUT2D eigenvalue weighted by atomic mass is 32.1. The summed E-state index contributed by atoms with van der Waals surface area (Å²) in [6.45, 7) is 0.390. The van der Waals surface area contributed by atoms with E-state index < -0.39 is 0 Å². The Morgan fingerprint density at radius 1 is 0.828 bits per heavy atom. The van der Waals surface area contributed by atoms with E-state index >= 15 is 0 Å². The molecule has 8 rings (SSSR count). The van der Waals surface area contributed by atoms with E-state index in [1.54, 1.807) is 21.5 Å². The molecule has 0 N–H and O–H groups in total. The van der Waals surface area contributed by atoms with Crippen LogP contribution in [0.5, 0.6) is 0 Å². The van der Waals surface area contributed by atoms with Gasteiger partial charge in [-0.15, -0.1) is 11.3 Å². The van der Waals surface area contributed by atoms with Gasteiger partial charge in [-0.25, -0.2) is 0 Å². The molecule has 0 unspecified atom stereocenters. The van der Waals surface area contributed by atoms with Crippen molar-refractivity contribution in [2.45, 2.75) is 25.7 Å². The molecule has 136 valence electrons. The average Bonchev–Trinajstić information content (AvgIpc) is 3.41. The summed E-state index contributed by atoms with van der Waals surface area (Å²) >= 11 is 2.00. The molecule has 0 amide bonds. The van der Waals surface area contributed by atoms with Crippen molar-refractivity contribution in [2.24, 2.45) is 0 Å². The maximum Gasteiger partial charge on any atom is 0.260 e. The van der Waals surface area contributed by atoms with Gasteiger partial charge >= 0.3 is 0 Å². The van der Waals surface area contributed by atoms with E-state index in [1.165, 1.54) is 68.9 Å². The minimum Gasteiger partial charge on any atom is -0.314 e. The van der Waals surface area contributed by atoms with E-state index in [-0.39, 0.29) is 0 Å². The molecule has 3 aliphatic rings. The Hall–Kier alpha value is -2.78. The van der Waals surface area contributed by atoms with Gasteiger partial charge in [-0.2, -0.15) is 0 Å². The van der Waals surface area contributed by atoms with Gasteiger partial charge < -0.3 is 4.57 Å². The molecule has 0 saturated heterocycles. The Labute approximate surface area is 173 Å². The lowest BCUT2D eigenvalue weighted by Crippen LogP contribution is -2.52. The molecule has 4 heterocycles. The largest absolute Gasteiger partial charge is 0.314 e. The standard InChI is InChI=1S/C26H18BNS/c1-3-12-20-15(7-1)16-9-5-11-19-25(16)28(20)21-13-6-10-18-23-17-8-2-4-14-22(17)29-26(23)27(19)24(18)21/h2,4-6,8-11,13-14H,1,3,7,12H2. The SMILES string of the molecule is c1cc2c3c(c1)-n1c4c(c5cccc(c51)B3c1sc3ccccc3c1-2)CCCC4. The summed E-state index contributed by atoms with van der Waals surface area (Å²) in [6.07, 6.45) is 5.08. The Morgan fingerprint density at radius 3 is 2.69 bits per heavy atom. The quantitative estimate of drug-likeness (QED) is 0.337. The number of aryl methyl sites for hydroxylation is 1. The number of hydrogen-bond donors (Lipinski definition) is 0. The van der Waals surface area contributed by atoms with Gasteiger partial charge in [0.15, 0.2) is 0 Å². The number of hydrogen-bond acceptors (Lipinski definition) is 1. The van der Waals surface area contributed by atoms with Gasteiger partial charge in [-0.1, -0.05) is 48.5 Å². The topological polar surface area (TPSA) is 4.93 Å². The average molecular weight is 387 g/mol. The van der Waals surface area contributed by atoms with Crippen molar-refractivity contribution in [1.82, 2.24) is 4.57 Å². The van der Waals surface area contributed by atoms with Gasteiger partial charge in [0.2, 0.25) is 0 Å². The predicted molar refractivity (Wildman–Crippen MR) is 125 cm³/mol. The molecule has 0 atom stereocenters. The molecule has 1 nitrogen and oxygen atoms in total. The fourth-order valence-electron chi connectivity index (χ4n) is 6.36. The smallest absolute Gasteiger partial charge is 0.260 e. The van der Waals surface area contributed by atoms with Crippen molar-refractivity contribution < 1.29 is 0 Å². The molecule has 2 aliphatic heterocycles. The summed E-state index contributed by atoms with van der Waals surface area (Å²) in [4.78, 5) is 0. The third-order valence-corrected chi connectivity index (χ3v) is 8.64. The molecule has 2 aromatic heterocycles. The van der Waals surface area contributed by atoms with Gasteiger partial charge in [0, 0.05) is 27.0 Å². The maximum atomic E-state index is 2.65. The predicted octanol–water partition coefficient (Wildman–Crippen LogP) is 4.53. The van der Waals surface area contributed by atoms with E-state index in [4.69, 9.17) is 0 Å². The second kappa shape index (κ2) is 5.03. The highest BCUT2D eigenvalue weighted by molar-refractivity contribution is 7.34. The Morgan fingerprint density at radius 2 is 1.69 bits per heavy atom. The number of nitrogens with zero attached hydrogens (tertiary/aromatic N) is 1. The first kappa shape index (κ1) is 15.1. The lowest BCUT2D eigenvalue weighted by atomic mass is 9.40. The number of rotatable bonds is 0. The molecular formula is C26H18BNS. The highest BCUT2D eigenvalue weighted by Crippen LogP contribution is 2.41. The molecule has 29 heavy (non-hydrogen) atoms. The normalized spacial score (nSPS) is 15.7. The lowest BCUT2D eigenvalue weighted by molar-refractivity contribution is 0.667. The van der Waals surface area contributed by atoms with Crippen LogP contribution in [0.4, 0.5) is 0 Å². The van der Waals surface area contributed by atoms with Crippen molar-refractivity contribution in [3.8, 4) is 16.8 Å². The molecule has 0 spiro atoms. The van der Waals surface area contributed by atoms with Crippen molar-refractivity contribution in [1.29, 1.82) is 0 Å². The zero-order valence-corrected chi connectivity index (χ0v) is 16.9. The van der Waals surface area contributed by atoms with Gasteiger partial charge in [0.1, 0.15) is 0 Å². The first-order chi connectivity index (χ1) is 14.4. The van der Waals surface area contributed by atoms with Gasteiger partial charge in [-0.3, -0.25) is 0 Å². The summed E-state index contributed by atoms with van der Waals surface area (Å²) in [6, 6.07) is 23.0. The fraction of sp³-hybridized carbons (Fsp3) is 0.154. The maximum absolute atomic E-state index is 2.65. The fourth-order valence-corrected chi connectivity index (χ4v) is 7.71. The van der Waals surface area contributed by atoms with Crippen LogP contribution in [-0.4, -0.2) is 11.3 Å². The van der Waals surface area contributed by atoms with E-state index in [1.807, 2.05) is 11.3 Å². The van der Waals surface area contributed by atoms with Crippen molar-refractivity contribution >= 4 is 54.7 Å². The minimum atomic E-state index is 0.390. The number of fused-ring (bicyclic) bond motifs is 10. The van der Waals surface area contributed by atoms with Gasteiger partial charge in [-0.05, 0) is 75.6 Å². The van der Waals surface area contributed by atoms with Crippen LogP contribution in [0.15, 0.2) is 60.7 Å². The Kier molecular flexibility index (Phi) is 2.62. The molecule has 5 aromatic rings. The molecule has 1 aliphatic carbocycles. The van der Waals surface area contributed by atoms with Gasteiger partial charge in [0.25, 0.3) is 6.71 Å². The molecule has 0 radical (unpaired) electrons. The van der Waals surface area contributed by atoms with E-state index in [0.29, 0.717) is 6.71 Å². The van der Waals surface area contributed by atoms with Crippen molar-refractivity contribution in [3.63, 3.8) is 0 Å². The minimum absolute atomic E-state index is 0.390. The summed E-state index contributed by atoms with van der Waals surface area (Å²) in [5.74, 6) is 0.